The van der Waals surface area contributed by atoms with Crippen molar-refractivity contribution in [1.29, 1.82) is 0 Å². The molecule has 0 aliphatic carbocycles. The average Bonchev–Trinajstić information content (AvgIpc) is 2.64. The van der Waals surface area contributed by atoms with Crippen molar-refractivity contribution in [2.24, 2.45) is 0 Å². The first-order valence-corrected chi connectivity index (χ1v) is 9.90. The molecule has 0 radical (unpaired) electrons. The minimum atomic E-state index is -0.716. The maximum atomic E-state index is 11.7. The number of carboxylic acids is 1. The summed E-state index contributed by atoms with van der Waals surface area (Å²) in [6.07, 6.45) is 8.97. The van der Waals surface area contributed by atoms with Crippen molar-refractivity contribution in [3.8, 4) is 0 Å². The van der Waals surface area contributed by atoms with Crippen LogP contribution >= 0.6 is 0 Å². The van der Waals surface area contributed by atoms with E-state index in [2.05, 4.69) is 10.6 Å². The SMILES string of the molecule is CNC(=O)COCCOCCNC(=O)CCCCCCCCCCC(=O)O. The second-order valence-corrected chi connectivity index (χ2v) is 6.41. The molecule has 0 aromatic carbocycles. The van der Waals surface area contributed by atoms with Crippen LogP contribution in [0, 0.1) is 0 Å². The minimum Gasteiger partial charge on any atom is -0.481 e. The van der Waals surface area contributed by atoms with Crippen molar-refractivity contribution in [3.63, 3.8) is 0 Å². The van der Waals surface area contributed by atoms with E-state index in [9.17, 15) is 14.4 Å². The number of unbranched alkanes of at least 4 members (excludes halogenated alkanes) is 7. The largest absolute Gasteiger partial charge is 0.481 e. The number of aliphatic carboxylic acids is 1. The quantitative estimate of drug-likeness (QED) is 0.291. The number of hydrogen-bond acceptors (Lipinski definition) is 5. The molecule has 27 heavy (non-hydrogen) atoms. The van der Waals surface area contributed by atoms with Gasteiger partial charge in [0.15, 0.2) is 0 Å². The highest BCUT2D eigenvalue weighted by Crippen LogP contribution is 2.10. The Hall–Kier alpha value is -1.67. The maximum absolute atomic E-state index is 11.7. The van der Waals surface area contributed by atoms with E-state index in [-0.39, 0.29) is 24.8 Å². The summed E-state index contributed by atoms with van der Waals surface area (Å²) in [5, 5.41) is 13.8. The monoisotopic (exact) mass is 388 g/mol. The van der Waals surface area contributed by atoms with E-state index in [1.54, 1.807) is 7.05 Å². The van der Waals surface area contributed by atoms with E-state index in [1.165, 1.54) is 0 Å². The third-order valence-electron chi connectivity index (χ3n) is 4.00. The van der Waals surface area contributed by atoms with Crippen molar-refractivity contribution in [2.75, 3.05) is 40.0 Å². The summed E-state index contributed by atoms with van der Waals surface area (Å²) in [4.78, 5) is 32.9. The van der Waals surface area contributed by atoms with Crippen LogP contribution in [0.1, 0.15) is 64.2 Å². The van der Waals surface area contributed by atoms with Crippen molar-refractivity contribution in [1.82, 2.24) is 10.6 Å². The number of ether oxygens (including phenoxy) is 2. The second-order valence-electron chi connectivity index (χ2n) is 6.41. The second kappa shape index (κ2) is 19.1. The highest BCUT2D eigenvalue weighted by atomic mass is 16.5. The zero-order valence-electron chi connectivity index (χ0n) is 16.6. The molecule has 158 valence electrons. The Kier molecular flexibility index (Phi) is 17.9. The molecule has 0 fully saturated rings. The topological polar surface area (TPSA) is 114 Å². The molecule has 0 aliphatic rings. The lowest BCUT2D eigenvalue weighted by atomic mass is 10.1. The van der Waals surface area contributed by atoms with Gasteiger partial charge in [-0.3, -0.25) is 14.4 Å². The number of carbonyl (C=O) groups is 3. The molecule has 0 aromatic rings. The summed E-state index contributed by atoms with van der Waals surface area (Å²) in [7, 11) is 1.55. The van der Waals surface area contributed by atoms with Crippen LogP contribution in [0.3, 0.4) is 0 Å². The fourth-order valence-electron chi connectivity index (χ4n) is 2.43. The predicted octanol–water partition coefficient (Wildman–Crippen LogP) is 1.87. The Morgan fingerprint density at radius 3 is 1.89 bits per heavy atom. The standard InChI is InChI=1S/C19H36N2O6/c1-20-18(23)16-27-15-14-26-13-12-21-17(22)10-8-6-4-2-3-5-7-9-11-19(24)25/h2-16H2,1H3,(H,20,23)(H,21,22)(H,24,25). The van der Waals surface area contributed by atoms with E-state index < -0.39 is 5.97 Å². The lowest BCUT2D eigenvalue weighted by molar-refractivity contribution is -0.137. The molecule has 0 rings (SSSR count). The van der Waals surface area contributed by atoms with Crippen LogP contribution in [0.25, 0.3) is 0 Å². The number of carbonyl (C=O) groups excluding carboxylic acids is 2. The molecule has 0 aromatic heterocycles. The molecular weight excluding hydrogens is 352 g/mol. The molecule has 3 N–H and O–H groups in total. The van der Waals surface area contributed by atoms with Crippen LogP contribution in [-0.4, -0.2) is 62.9 Å². The molecular formula is C19H36N2O6. The van der Waals surface area contributed by atoms with Crippen LogP contribution in [0.2, 0.25) is 0 Å². The zero-order valence-corrected chi connectivity index (χ0v) is 16.6. The first kappa shape index (κ1) is 25.3. The Labute approximate surface area is 162 Å². The van der Waals surface area contributed by atoms with Gasteiger partial charge in [-0.15, -0.1) is 0 Å². The van der Waals surface area contributed by atoms with Crippen LogP contribution < -0.4 is 10.6 Å². The average molecular weight is 389 g/mol. The summed E-state index contributed by atoms with van der Waals surface area (Å²) in [6, 6.07) is 0. The van der Waals surface area contributed by atoms with Crippen LogP contribution in [0.15, 0.2) is 0 Å². The van der Waals surface area contributed by atoms with Crippen molar-refractivity contribution in [2.45, 2.75) is 64.2 Å². The van der Waals surface area contributed by atoms with Gasteiger partial charge >= 0.3 is 5.97 Å². The van der Waals surface area contributed by atoms with Crippen molar-refractivity contribution in [3.05, 3.63) is 0 Å². The van der Waals surface area contributed by atoms with Crippen molar-refractivity contribution >= 4 is 17.8 Å². The van der Waals surface area contributed by atoms with Gasteiger partial charge < -0.3 is 25.2 Å². The Balaban J connectivity index is 3.22. The molecule has 0 heterocycles. The number of nitrogens with one attached hydrogen (secondary N) is 2. The van der Waals surface area contributed by atoms with Gasteiger partial charge in [0.25, 0.3) is 0 Å². The number of amides is 2. The first-order valence-electron chi connectivity index (χ1n) is 9.90. The van der Waals surface area contributed by atoms with Gasteiger partial charge in [0.1, 0.15) is 6.61 Å². The summed E-state index contributed by atoms with van der Waals surface area (Å²) in [5.41, 5.74) is 0. The van der Waals surface area contributed by atoms with E-state index >= 15 is 0 Å². The summed E-state index contributed by atoms with van der Waals surface area (Å²) < 4.78 is 10.4. The van der Waals surface area contributed by atoms with Gasteiger partial charge in [-0.1, -0.05) is 38.5 Å². The van der Waals surface area contributed by atoms with E-state index in [1.807, 2.05) is 0 Å². The minimum absolute atomic E-state index is 0.0291. The molecule has 8 heteroatoms. The molecule has 0 saturated carbocycles. The normalized spacial score (nSPS) is 10.6. The van der Waals surface area contributed by atoms with Crippen LogP contribution in [0.5, 0.6) is 0 Å². The van der Waals surface area contributed by atoms with Crippen molar-refractivity contribution < 1.29 is 29.0 Å². The van der Waals surface area contributed by atoms with Gasteiger partial charge in [0.05, 0.1) is 19.8 Å². The van der Waals surface area contributed by atoms with E-state index in [0.29, 0.717) is 32.8 Å². The lowest BCUT2D eigenvalue weighted by Crippen LogP contribution is -2.27. The number of hydrogen-bond donors (Lipinski definition) is 3. The molecule has 0 unspecified atom stereocenters. The number of likely N-dealkylation sites (N-methyl/N-ethyl adjacent to an activating group) is 1. The van der Waals surface area contributed by atoms with Crippen LogP contribution in [0.4, 0.5) is 0 Å². The fourth-order valence-corrected chi connectivity index (χ4v) is 2.43. The molecule has 8 nitrogen and oxygen atoms in total. The molecule has 0 atom stereocenters. The molecule has 2 amide bonds. The number of rotatable bonds is 19. The Morgan fingerprint density at radius 1 is 0.741 bits per heavy atom. The fraction of sp³-hybridized carbons (Fsp3) is 0.842. The maximum Gasteiger partial charge on any atom is 0.303 e. The summed E-state index contributed by atoms with van der Waals surface area (Å²) >= 11 is 0. The van der Waals surface area contributed by atoms with Gasteiger partial charge in [-0.2, -0.15) is 0 Å². The summed E-state index contributed by atoms with van der Waals surface area (Å²) in [6.45, 7) is 1.67. The summed E-state index contributed by atoms with van der Waals surface area (Å²) in [5.74, 6) is -0.840. The highest BCUT2D eigenvalue weighted by molar-refractivity contribution is 5.76. The van der Waals surface area contributed by atoms with Gasteiger partial charge in [0, 0.05) is 26.4 Å². The third kappa shape index (κ3) is 20.5. The molecule has 0 spiro atoms. The number of carboxylic acid groups (broad SMARTS) is 1. The van der Waals surface area contributed by atoms with Gasteiger partial charge in [-0.25, -0.2) is 0 Å². The van der Waals surface area contributed by atoms with E-state index in [4.69, 9.17) is 14.6 Å². The van der Waals surface area contributed by atoms with Gasteiger partial charge in [0.2, 0.25) is 11.8 Å². The molecule has 0 saturated heterocycles. The molecule has 0 bridgehead atoms. The highest BCUT2D eigenvalue weighted by Gasteiger charge is 2.01. The lowest BCUT2D eigenvalue weighted by Gasteiger charge is -2.07. The smallest absolute Gasteiger partial charge is 0.303 e. The first-order chi connectivity index (χ1) is 13.1. The Morgan fingerprint density at radius 2 is 1.30 bits per heavy atom. The zero-order chi connectivity index (χ0) is 20.2. The van der Waals surface area contributed by atoms with E-state index in [0.717, 1.165) is 51.4 Å². The van der Waals surface area contributed by atoms with Gasteiger partial charge in [-0.05, 0) is 12.8 Å². The Bertz CT molecular complexity index is 404. The molecule has 0 aliphatic heterocycles. The predicted molar refractivity (Wildman–Crippen MR) is 103 cm³/mol. The van der Waals surface area contributed by atoms with Crippen LogP contribution in [-0.2, 0) is 23.9 Å². The third-order valence-corrected chi connectivity index (χ3v) is 4.00.